The summed E-state index contributed by atoms with van der Waals surface area (Å²) in [6.07, 6.45) is 3.80. The third kappa shape index (κ3) is 4.37. The predicted octanol–water partition coefficient (Wildman–Crippen LogP) is 4.05. The maximum Gasteiger partial charge on any atom is 0.258 e. The molecule has 3 aromatic rings. The Balaban J connectivity index is 1.72. The highest BCUT2D eigenvalue weighted by Gasteiger charge is 2.11. The lowest BCUT2D eigenvalue weighted by molar-refractivity contribution is 0.102. The molecule has 0 radical (unpaired) electrons. The topological polar surface area (TPSA) is 85.4 Å². The third-order valence-electron chi connectivity index (χ3n) is 4.22. The molecule has 0 fully saturated rings. The monoisotopic (exact) mass is 378 g/mol. The van der Waals surface area contributed by atoms with Gasteiger partial charge in [0.05, 0.1) is 25.5 Å². The van der Waals surface area contributed by atoms with Crippen LogP contribution in [0.2, 0.25) is 0 Å². The van der Waals surface area contributed by atoms with Crippen molar-refractivity contribution in [3.63, 3.8) is 0 Å². The van der Waals surface area contributed by atoms with E-state index >= 15 is 0 Å². The van der Waals surface area contributed by atoms with Crippen molar-refractivity contribution in [2.45, 2.75) is 13.3 Å². The van der Waals surface area contributed by atoms with Gasteiger partial charge in [-0.15, -0.1) is 0 Å². The molecule has 144 valence electrons. The van der Waals surface area contributed by atoms with Gasteiger partial charge in [0.2, 0.25) is 5.95 Å². The summed E-state index contributed by atoms with van der Waals surface area (Å²) in [7, 11) is 3.16. The van der Waals surface area contributed by atoms with E-state index in [-0.39, 0.29) is 5.91 Å². The van der Waals surface area contributed by atoms with Gasteiger partial charge in [-0.25, -0.2) is 9.97 Å². The minimum absolute atomic E-state index is 0.255. The molecule has 1 heterocycles. The zero-order valence-electron chi connectivity index (χ0n) is 16.0. The van der Waals surface area contributed by atoms with E-state index in [1.807, 2.05) is 37.3 Å². The second kappa shape index (κ2) is 8.85. The van der Waals surface area contributed by atoms with Gasteiger partial charge in [-0.2, -0.15) is 0 Å². The Kier molecular flexibility index (Phi) is 6.06. The van der Waals surface area contributed by atoms with Gasteiger partial charge in [0.25, 0.3) is 5.91 Å². The molecule has 1 aromatic heterocycles. The van der Waals surface area contributed by atoms with Crippen LogP contribution in [-0.2, 0) is 6.42 Å². The molecule has 0 saturated carbocycles. The number of hydrogen-bond donors (Lipinski definition) is 2. The number of hydrogen-bond acceptors (Lipinski definition) is 6. The molecular formula is C21H22N4O3. The van der Waals surface area contributed by atoms with Crippen LogP contribution in [0.5, 0.6) is 11.5 Å². The summed E-state index contributed by atoms with van der Waals surface area (Å²) < 4.78 is 10.5. The fraction of sp³-hybridized carbons (Fsp3) is 0.190. The van der Waals surface area contributed by atoms with Gasteiger partial charge >= 0.3 is 0 Å². The van der Waals surface area contributed by atoms with Crippen molar-refractivity contribution in [2.75, 3.05) is 24.9 Å². The molecule has 7 nitrogen and oxygen atoms in total. The summed E-state index contributed by atoms with van der Waals surface area (Å²) in [6.45, 7) is 2.04. The second-order valence-corrected chi connectivity index (χ2v) is 5.95. The molecule has 0 aliphatic rings. The van der Waals surface area contributed by atoms with Crippen LogP contribution in [0.25, 0.3) is 0 Å². The number of nitrogens with zero attached hydrogens (tertiary/aromatic N) is 2. The molecule has 0 bridgehead atoms. The molecule has 0 aliphatic carbocycles. The van der Waals surface area contributed by atoms with Crippen molar-refractivity contribution in [1.29, 1.82) is 0 Å². The lowest BCUT2D eigenvalue weighted by Crippen LogP contribution is -2.14. The van der Waals surface area contributed by atoms with Gasteiger partial charge in [-0.1, -0.05) is 25.1 Å². The molecule has 0 saturated heterocycles. The highest BCUT2D eigenvalue weighted by molar-refractivity contribution is 6.04. The number of carbonyl (C=O) groups is 1. The van der Waals surface area contributed by atoms with Gasteiger partial charge in [0.15, 0.2) is 0 Å². The van der Waals surface area contributed by atoms with Crippen LogP contribution in [0.3, 0.4) is 0 Å². The third-order valence-corrected chi connectivity index (χ3v) is 4.22. The van der Waals surface area contributed by atoms with Crippen LogP contribution in [-0.4, -0.2) is 30.1 Å². The first-order valence-corrected chi connectivity index (χ1v) is 8.85. The molecule has 3 rings (SSSR count). The highest BCUT2D eigenvalue weighted by Crippen LogP contribution is 2.30. The van der Waals surface area contributed by atoms with Crippen molar-refractivity contribution < 1.29 is 14.3 Å². The Labute approximate surface area is 163 Å². The number of ether oxygens (including phenoxy) is 2. The van der Waals surface area contributed by atoms with E-state index in [2.05, 4.69) is 20.6 Å². The zero-order chi connectivity index (χ0) is 19.9. The van der Waals surface area contributed by atoms with E-state index in [1.165, 1.54) is 12.4 Å². The summed E-state index contributed by atoms with van der Waals surface area (Å²) in [5, 5.41) is 5.98. The van der Waals surface area contributed by atoms with Crippen molar-refractivity contribution in [1.82, 2.24) is 9.97 Å². The number of aromatic nitrogens is 2. The summed E-state index contributed by atoms with van der Waals surface area (Å²) in [5.41, 5.74) is 2.93. The Morgan fingerprint density at radius 3 is 2.43 bits per heavy atom. The van der Waals surface area contributed by atoms with Crippen LogP contribution in [0.1, 0.15) is 22.8 Å². The normalized spacial score (nSPS) is 10.2. The Morgan fingerprint density at radius 1 is 1.00 bits per heavy atom. The first-order valence-electron chi connectivity index (χ1n) is 8.85. The van der Waals surface area contributed by atoms with E-state index in [1.54, 1.807) is 26.4 Å². The summed E-state index contributed by atoms with van der Waals surface area (Å²) in [4.78, 5) is 20.9. The average molecular weight is 378 g/mol. The minimum atomic E-state index is -0.255. The standard InChI is InChI=1S/C21H22N4O3/c1-4-14-7-5-6-8-17(14)24-20(26)15-12-22-21(23-13-15)25-18-10-9-16(27-2)11-19(18)28-3/h5-13H,4H2,1-3H3,(H,24,26)(H,22,23,25). The van der Waals surface area contributed by atoms with Gasteiger partial charge in [-0.05, 0) is 30.2 Å². The van der Waals surface area contributed by atoms with Crippen LogP contribution < -0.4 is 20.1 Å². The number of amides is 1. The lowest BCUT2D eigenvalue weighted by atomic mass is 10.1. The molecule has 28 heavy (non-hydrogen) atoms. The van der Waals surface area contributed by atoms with E-state index in [0.29, 0.717) is 28.7 Å². The van der Waals surface area contributed by atoms with E-state index in [9.17, 15) is 4.79 Å². The zero-order valence-corrected chi connectivity index (χ0v) is 16.0. The quantitative estimate of drug-likeness (QED) is 0.645. The van der Waals surface area contributed by atoms with Crippen molar-refractivity contribution in [2.24, 2.45) is 0 Å². The number of aryl methyl sites for hydroxylation is 1. The minimum Gasteiger partial charge on any atom is -0.497 e. The first-order chi connectivity index (χ1) is 13.6. The predicted molar refractivity (Wildman–Crippen MR) is 109 cm³/mol. The average Bonchev–Trinajstić information content (AvgIpc) is 2.74. The van der Waals surface area contributed by atoms with Crippen molar-refractivity contribution in [3.8, 4) is 11.5 Å². The van der Waals surface area contributed by atoms with Crippen LogP contribution in [0.4, 0.5) is 17.3 Å². The molecular weight excluding hydrogens is 356 g/mol. The largest absolute Gasteiger partial charge is 0.497 e. The molecule has 2 aromatic carbocycles. The first kappa shape index (κ1) is 19.2. The van der Waals surface area contributed by atoms with Gasteiger partial charge in [0.1, 0.15) is 11.5 Å². The number of para-hydroxylation sites is 1. The van der Waals surface area contributed by atoms with Crippen LogP contribution in [0.15, 0.2) is 54.9 Å². The Bertz CT molecular complexity index is 958. The molecule has 0 unspecified atom stereocenters. The molecule has 7 heteroatoms. The number of methoxy groups -OCH3 is 2. The summed E-state index contributed by atoms with van der Waals surface area (Å²) in [6, 6.07) is 13.1. The smallest absolute Gasteiger partial charge is 0.258 e. The molecule has 0 aliphatic heterocycles. The van der Waals surface area contributed by atoms with Crippen molar-refractivity contribution in [3.05, 3.63) is 66.0 Å². The van der Waals surface area contributed by atoms with Gasteiger partial charge in [-0.3, -0.25) is 4.79 Å². The highest BCUT2D eigenvalue weighted by atomic mass is 16.5. The number of rotatable bonds is 7. The molecule has 0 atom stereocenters. The van der Waals surface area contributed by atoms with Gasteiger partial charge in [0, 0.05) is 24.1 Å². The van der Waals surface area contributed by atoms with Crippen LogP contribution in [0, 0.1) is 0 Å². The van der Waals surface area contributed by atoms with Gasteiger partial charge < -0.3 is 20.1 Å². The number of nitrogens with one attached hydrogen (secondary N) is 2. The Hall–Kier alpha value is -3.61. The maximum absolute atomic E-state index is 12.5. The summed E-state index contributed by atoms with van der Waals surface area (Å²) >= 11 is 0. The van der Waals surface area contributed by atoms with E-state index in [4.69, 9.17) is 9.47 Å². The van der Waals surface area contributed by atoms with Crippen LogP contribution >= 0.6 is 0 Å². The SMILES string of the molecule is CCc1ccccc1NC(=O)c1cnc(Nc2ccc(OC)cc2OC)nc1. The van der Waals surface area contributed by atoms with Crippen molar-refractivity contribution >= 4 is 23.2 Å². The molecule has 1 amide bonds. The summed E-state index contributed by atoms with van der Waals surface area (Å²) in [5.74, 6) is 1.38. The molecule has 2 N–H and O–H groups in total. The van der Waals surface area contributed by atoms with E-state index in [0.717, 1.165) is 17.7 Å². The Morgan fingerprint density at radius 2 is 1.75 bits per heavy atom. The fourth-order valence-corrected chi connectivity index (χ4v) is 2.68. The lowest BCUT2D eigenvalue weighted by Gasteiger charge is -2.12. The number of carbonyl (C=O) groups excluding carboxylic acids is 1. The second-order valence-electron chi connectivity index (χ2n) is 5.95. The fourth-order valence-electron chi connectivity index (χ4n) is 2.68. The maximum atomic E-state index is 12.5. The molecule has 0 spiro atoms. The van der Waals surface area contributed by atoms with E-state index < -0.39 is 0 Å². The number of benzene rings is 2. The number of anilines is 3.